The molecule has 0 spiro atoms. The van der Waals surface area contributed by atoms with Crippen molar-refractivity contribution in [1.82, 2.24) is 30.7 Å². The maximum Gasteiger partial charge on any atom is 0.417 e. The van der Waals surface area contributed by atoms with Crippen molar-refractivity contribution < 1.29 is 51.1 Å². The topological polar surface area (TPSA) is 199 Å². The van der Waals surface area contributed by atoms with Crippen LogP contribution in [0.5, 0.6) is 0 Å². The molecule has 0 bridgehead atoms. The Morgan fingerprint density at radius 1 is 0.875 bits per heavy atom. The molecule has 1 saturated carbocycles. The van der Waals surface area contributed by atoms with Crippen LogP contribution in [0.4, 0.5) is 28.9 Å². The molecular weight excluding hydrogens is 841 g/mol. The van der Waals surface area contributed by atoms with Crippen molar-refractivity contribution in [2.24, 2.45) is 0 Å². The predicted molar refractivity (Wildman–Crippen MR) is 225 cm³/mol. The number of halogens is 4. The van der Waals surface area contributed by atoms with Gasteiger partial charge in [-0.15, -0.1) is 0 Å². The highest BCUT2D eigenvalue weighted by atomic mass is 19.4. The van der Waals surface area contributed by atoms with Crippen LogP contribution in [-0.2, 0) is 20.6 Å². The van der Waals surface area contributed by atoms with Crippen molar-refractivity contribution in [2.45, 2.75) is 75.7 Å². The highest BCUT2D eigenvalue weighted by molar-refractivity contribution is 6.25. The number of unbranched alkanes of at least 4 members (excludes halogenated alkanes) is 2. The summed E-state index contributed by atoms with van der Waals surface area (Å²) in [5, 5.41) is 14.2. The molecule has 8 rings (SSSR count). The lowest BCUT2D eigenvalue weighted by Gasteiger charge is -2.36. The molecule has 3 fully saturated rings. The average molecular weight is 885 g/mol. The van der Waals surface area contributed by atoms with Crippen LogP contribution in [0.1, 0.15) is 98.4 Å². The first-order chi connectivity index (χ1) is 30.6. The minimum atomic E-state index is -4.84. The van der Waals surface area contributed by atoms with Gasteiger partial charge in [0.25, 0.3) is 23.6 Å². The number of pyridine rings is 1. The van der Waals surface area contributed by atoms with Crippen LogP contribution in [0.2, 0.25) is 0 Å². The first-order valence-corrected chi connectivity index (χ1v) is 21.1. The van der Waals surface area contributed by atoms with E-state index in [0.29, 0.717) is 38.0 Å². The number of fused-ring (bicyclic) bond motifs is 2. The van der Waals surface area contributed by atoms with E-state index in [0.717, 1.165) is 35.9 Å². The number of piperidine rings is 1. The van der Waals surface area contributed by atoms with Crippen LogP contribution in [-0.4, -0.2) is 107 Å². The lowest BCUT2D eigenvalue weighted by molar-refractivity contribution is -0.137. The number of amides is 6. The van der Waals surface area contributed by atoms with Gasteiger partial charge in [0.2, 0.25) is 11.8 Å². The molecule has 4 heterocycles. The number of nitrogens with one attached hydrogen (secondary N) is 5. The Morgan fingerprint density at radius 3 is 2.36 bits per heavy atom. The largest absolute Gasteiger partial charge is 0.417 e. The summed E-state index contributed by atoms with van der Waals surface area (Å²) in [6.45, 7) is 1.29. The van der Waals surface area contributed by atoms with Crippen LogP contribution in [0.25, 0.3) is 22.0 Å². The Balaban J connectivity index is 0.857. The van der Waals surface area contributed by atoms with Gasteiger partial charge in [-0.05, 0) is 86.7 Å². The molecular formula is C45H44F4N8O7. The number of carbonyl (C=O) groups is 7. The average Bonchev–Trinajstić information content (AvgIpc) is 4.03. The van der Waals surface area contributed by atoms with Crippen molar-refractivity contribution in [3.05, 3.63) is 88.4 Å². The summed E-state index contributed by atoms with van der Waals surface area (Å²) in [5.74, 6) is -5.00. The highest BCUT2D eigenvalue weighted by Crippen LogP contribution is 2.42. The number of likely N-dealkylation sites (tertiary alicyclic amines) is 1. The SMILES string of the molecule is CN1CC(NC(=O)c2cnc3cc(C(F)(F)F)c(-c4ccc(C(=O)NCCCCCC(=O)CNc5cccc6c5C(=O)N(C5CCC(=O)NC5=O)C6=O)c(F)c4)cc3c2NC2CC2)C1. The summed E-state index contributed by atoms with van der Waals surface area (Å²) in [6.07, 6.45) is -0.404. The van der Waals surface area contributed by atoms with Crippen LogP contribution >= 0.6 is 0 Å². The van der Waals surface area contributed by atoms with Gasteiger partial charge in [-0.25, -0.2) is 4.39 Å². The molecule has 334 valence electrons. The molecule has 19 heteroatoms. The van der Waals surface area contributed by atoms with E-state index in [1.807, 2.05) is 11.9 Å². The van der Waals surface area contributed by atoms with E-state index in [9.17, 15) is 46.7 Å². The molecule has 1 aromatic heterocycles. The predicted octanol–water partition coefficient (Wildman–Crippen LogP) is 5.05. The summed E-state index contributed by atoms with van der Waals surface area (Å²) < 4.78 is 59.1. The number of hydrogen-bond acceptors (Lipinski definition) is 11. The minimum Gasteiger partial charge on any atom is -0.381 e. The molecule has 15 nitrogen and oxygen atoms in total. The minimum absolute atomic E-state index is 0.00439. The quantitative estimate of drug-likeness (QED) is 0.0574. The van der Waals surface area contributed by atoms with Crippen molar-refractivity contribution in [3.63, 3.8) is 0 Å². The van der Waals surface area contributed by atoms with E-state index in [-0.39, 0.29) is 100 Å². The van der Waals surface area contributed by atoms with Crippen LogP contribution in [0, 0.1) is 5.82 Å². The number of likely N-dealkylation sites (N-methyl/N-ethyl adjacent to an activating group) is 1. The maximum atomic E-state index is 15.6. The lowest BCUT2D eigenvalue weighted by Crippen LogP contribution is -2.57. The fraction of sp³-hybridized carbons (Fsp3) is 0.378. The molecule has 1 aliphatic carbocycles. The standard InChI is InChI=1S/C45H44F4N8O7/c1-56-21-25(22-56)54-41(61)31-20-52-35-18-32(45(47,48)49)29(17-30(35)39(31)53-24-10-11-24)23-9-12-27(33(46)16-23)40(60)50-15-4-2-3-6-26(58)19-51-34-8-5-7-28-38(34)44(64)57(43(28)63)36-13-14-37(59)55-42(36)62/h5,7-9,12,16-18,20,24-25,36,51H,2-4,6,10-11,13-15,19,21-22H2,1H3,(H,50,60)(H,52,53)(H,54,61)(H,55,59,62). The van der Waals surface area contributed by atoms with E-state index >= 15 is 4.39 Å². The summed E-state index contributed by atoms with van der Waals surface area (Å²) >= 11 is 0. The number of carbonyl (C=O) groups excluding carboxylic acids is 7. The third kappa shape index (κ3) is 9.15. The van der Waals surface area contributed by atoms with E-state index in [1.54, 1.807) is 12.1 Å². The van der Waals surface area contributed by atoms with E-state index in [1.165, 1.54) is 24.4 Å². The molecule has 4 aliphatic rings. The smallest absolute Gasteiger partial charge is 0.381 e. The number of Topliss-reactive ketones (excluding diaryl/α,β-unsaturated/α-hetero) is 1. The van der Waals surface area contributed by atoms with Crippen molar-refractivity contribution >= 4 is 63.5 Å². The van der Waals surface area contributed by atoms with Gasteiger partial charge in [0.15, 0.2) is 5.78 Å². The summed E-state index contributed by atoms with van der Waals surface area (Å²) in [4.78, 5) is 96.5. The van der Waals surface area contributed by atoms with Gasteiger partial charge in [-0.2, -0.15) is 13.2 Å². The maximum absolute atomic E-state index is 15.6. The summed E-state index contributed by atoms with van der Waals surface area (Å²) in [7, 11) is 1.92. The fourth-order valence-electron chi connectivity index (χ4n) is 8.26. The molecule has 4 aromatic rings. The zero-order valence-electron chi connectivity index (χ0n) is 34.6. The summed E-state index contributed by atoms with van der Waals surface area (Å²) in [6, 6.07) is 8.75. The molecule has 5 N–H and O–H groups in total. The number of ketones is 1. The molecule has 1 atom stereocenters. The van der Waals surface area contributed by atoms with Crippen molar-refractivity contribution in [1.29, 1.82) is 0 Å². The molecule has 64 heavy (non-hydrogen) atoms. The second-order valence-corrected chi connectivity index (χ2v) is 16.6. The number of alkyl halides is 3. The zero-order valence-corrected chi connectivity index (χ0v) is 34.6. The Labute approximate surface area is 363 Å². The van der Waals surface area contributed by atoms with Crippen LogP contribution in [0.15, 0.2) is 54.7 Å². The first-order valence-electron chi connectivity index (χ1n) is 21.1. The number of nitrogens with zero attached hydrogens (tertiary/aromatic N) is 3. The number of benzene rings is 3. The van der Waals surface area contributed by atoms with Gasteiger partial charge in [0.1, 0.15) is 11.9 Å². The number of hydrogen-bond donors (Lipinski definition) is 5. The van der Waals surface area contributed by atoms with E-state index < -0.39 is 59.0 Å². The van der Waals surface area contributed by atoms with Crippen LogP contribution in [0.3, 0.4) is 0 Å². The fourth-order valence-corrected chi connectivity index (χ4v) is 8.26. The second kappa shape index (κ2) is 17.8. The normalized spacial score (nSPS) is 17.8. The Bertz CT molecular complexity index is 2610. The Morgan fingerprint density at radius 2 is 1.66 bits per heavy atom. The zero-order chi connectivity index (χ0) is 45.4. The van der Waals surface area contributed by atoms with Crippen molar-refractivity contribution in [2.75, 3.05) is 43.9 Å². The van der Waals surface area contributed by atoms with Gasteiger partial charge in [-0.3, -0.25) is 48.8 Å². The lowest BCUT2D eigenvalue weighted by atomic mass is 9.94. The second-order valence-electron chi connectivity index (χ2n) is 16.6. The van der Waals surface area contributed by atoms with Gasteiger partial charge in [0.05, 0.1) is 51.6 Å². The van der Waals surface area contributed by atoms with Crippen LogP contribution < -0.4 is 26.6 Å². The molecule has 3 aromatic carbocycles. The van der Waals surface area contributed by atoms with Gasteiger partial charge in [0, 0.05) is 55.8 Å². The third-order valence-electron chi connectivity index (χ3n) is 11.8. The highest BCUT2D eigenvalue weighted by Gasteiger charge is 2.46. The molecule has 0 radical (unpaired) electrons. The van der Waals surface area contributed by atoms with E-state index in [4.69, 9.17) is 0 Å². The number of rotatable bonds is 16. The third-order valence-corrected chi connectivity index (χ3v) is 11.8. The number of aromatic nitrogens is 1. The Hall–Kier alpha value is -6.76. The van der Waals surface area contributed by atoms with Gasteiger partial charge >= 0.3 is 6.18 Å². The van der Waals surface area contributed by atoms with Gasteiger partial charge in [-0.1, -0.05) is 18.6 Å². The molecule has 6 amide bonds. The van der Waals surface area contributed by atoms with E-state index in [2.05, 4.69) is 31.6 Å². The summed E-state index contributed by atoms with van der Waals surface area (Å²) in [5.41, 5.74) is -0.998. The Kier molecular flexibility index (Phi) is 12.2. The van der Waals surface area contributed by atoms with Crippen molar-refractivity contribution in [3.8, 4) is 11.1 Å². The van der Waals surface area contributed by atoms with Gasteiger partial charge < -0.3 is 26.2 Å². The first kappa shape index (κ1) is 43.9. The molecule has 2 saturated heterocycles. The monoisotopic (exact) mass is 884 g/mol. The number of anilines is 2. The number of imide groups is 2. The molecule has 1 unspecified atom stereocenters. The molecule has 3 aliphatic heterocycles.